The van der Waals surface area contributed by atoms with Crippen LogP contribution in [0.15, 0.2) is 47.2 Å². The molecule has 5 aliphatic carbocycles. The van der Waals surface area contributed by atoms with Crippen LogP contribution < -0.4 is 0 Å². The van der Waals surface area contributed by atoms with Crippen LogP contribution >= 0.6 is 22.7 Å². The molecule has 2 heterocycles. The van der Waals surface area contributed by atoms with E-state index in [-0.39, 0.29) is 47.3 Å². The highest BCUT2D eigenvalue weighted by Crippen LogP contribution is 2.70. The van der Waals surface area contributed by atoms with Gasteiger partial charge in [-0.05, 0) is 83.7 Å². The van der Waals surface area contributed by atoms with E-state index in [1.54, 1.807) is 17.4 Å². The Bertz CT molecular complexity index is 1220. The van der Waals surface area contributed by atoms with Crippen LogP contribution in [0.25, 0.3) is 0 Å². The fourth-order valence-electron chi connectivity index (χ4n) is 8.42. The minimum atomic E-state index is -0.992. The van der Waals surface area contributed by atoms with E-state index in [0.29, 0.717) is 36.5 Å². The minimum Gasteiger partial charge on any atom is -0.461 e. The first-order valence-electron chi connectivity index (χ1n) is 13.4. The summed E-state index contributed by atoms with van der Waals surface area (Å²) < 4.78 is 12.4. The third kappa shape index (κ3) is 3.83. The molecule has 196 valence electrons. The summed E-state index contributed by atoms with van der Waals surface area (Å²) in [4.78, 5) is 42.5. The maximum Gasteiger partial charge on any atom is 0.348 e. The molecule has 0 radical (unpaired) electrons. The van der Waals surface area contributed by atoms with Crippen molar-refractivity contribution in [3.05, 3.63) is 56.9 Å². The molecule has 37 heavy (non-hydrogen) atoms. The van der Waals surface area contributed by atoms with Crippen molar-refractivity contribution in [3.63, 3.8) is 0 Å². The van der Waals surface area contributed by atoms with Crippen molar-refractivity contribution in [1.82, 2.24) is 0 Å². The molecule has 0 N–H and O–H groups in total. The number of carbonyl (C=O) groups is 3. The summed E-state index contributed by atoms with van der Waals surface area (Å²) >= 11 is 3.06. The fraction of sp³-hybridized carbons (Fsp3) is 0.567. The average molecular weight is 539 g/mol. The summed E-state index contributed by atoms with van der Waals surface area (Å²) in [6.07, 6.45) is 5.38. The molecule has 2 aromatic heterocycles. The first-order valence-corrected chi connectivity index (χ1v) is 15.1. The van der Waals surface area contributed by atoms with Crippen molar-refractivity contribution in [2.75, 3.05) is 13.2 Å². The topological polar surface area (TPSA) is 69.7 Å². The molecule has 2 aromatic rings. The molecule has 7 rings (SSSR count). The lowest BCUT2D eigenvalue weighted by Crippen LogP contribution is -2.69. The molecule has 0 amide bonds. The van der Waals surface area contributed by atoms with Gasteiger partial charge in [0.25, 0.3) is 0 Å². The fourth-order valence-corrected chi connectivity index (χ4v) is 9.67. The summed E-state index contributed by atoms with van der Waals surface area (Å²) in [6.45, 7) is 7.72. The van der Waals surface area contributed by atoms with Gasteiger partial charge in [-0.15, -0.1) is 22.7 Å². The number of ketones is 2. The molecule has 5 nitrogen and oxygen atoms in total. The molecular formula is C30H34O5S2. The number of esters is 1. The lowest BCUT2D eigenvalue weighted by molar-refractivity contribution is -0.203. The normalized spacial score (nSPS) is 36.8. The quantitative estimate of drug-likeness (QED) is 0.229. The molecule has 2 bridgehead atoms. The predicted molar refractivity (Wildman–Crippen MR) is 143 cm³/mol. The van der Waals surface area contributed by atoms with E-state index >= 15 is 0 Å². The van der Waals surface area contributed by atoms with Crippen molar-refractivity contribution in [3.8, 4) is 0 Å². The van der Waals surface area contributed by atoms with Crippen LogP contribution in [0.5, 0.6) is 0 Å². The molecule has 0 aromatic carbocycles. The van der Waals surface area contributed by atoms with Crippen molar-refractivity contribution in [2.24, 2.45) is 34.0 Å². The van der Waals surface area contributed by atoms with E-state index in [0.717, 1.165) is 32.1 Å². The molecule has 4 unspecified atom stereocenters. The predicted octanol–water partition coefficient (Wildman–Crippen LogP) is 6.49. The van der Waals surface area contributed by atoms with Gasteiger partial charge in [-0.1, -0.05) is 32.1 Å². The number of ether oxygens (including phenoxy) is 2. The highest BCUT2D eigenvalue weighted by atomic mass is 32.1. The van der Waals surface area contributed by atoms with E-state index in [1.165, 1.54) is 16.2 Å². The second kappa shape index (κ2) is 9.28. The minimum absolute atomic E-state index is 0.00300. The first-order chi connectivity index (χ1) is 17.8. The molecule has 7 heteroatoms. The Morgan fingerprint density at radius 3 is 2.65 bits per heavy atom. The van der Waals surface area contributed by atoms with Crippen molar-refractivity contribution >= 4 is 40.2 Å². The number of hydrogen-bond acceptors (Lipinski definition) is 7. The molecule has 0 aliphatic heterocycles. The highest BCUT2D eigenvalue weighted by Gasteiger charge is 2.71. The third-order valence-electron chi connectivity index (χ3n) is 10.1. The number of carbonyl (C=O) groups excluding carboxylic acids is 3. The standard InChI is InChI=1S/C30H34O5S2/c1-19-20-8-11-30(26(19)32)24(14-20)29(18-35-27(33)22-7-4-13-37-22)10-5-9-28(2,23(29)15-25(30)31)17-34-16-21-6-3-12-36-21/h3-4,6-7,12-13,20,23-24H,1,5,8-11,14-18H2,2H3/t20-,23?,24?,28?,29-,30?/m0/s1. The lowest BCUT2D eigenvalue weighted by atomic mass is 9.36. The van der Waals surface area contributed by atoms with Crippen LogP contribution in [0.3, 0.4) is 0 Å². The van der Waals surface area contributed by atoms with Gasteiger partial charge in [-0.2, -0.15) is 0 Å². The van der Waals surface area contributed by atoms with Gasteiger partial charge in [0.1, 0.15) is 10.7 Å². The number of thiophene rings is 2. The van der Waals surface area contributed by atoms with Gasteiger partial charge in [0.15, 0.2) is 5.78 Å². The summed E-state index contributed by atoms with van der Waals surface area (Å²) in [5.74, 6) is -0.258. The maximum absolute atomic E-state index is 14.0. The van der Waals surface area contributed by atoms with Gasteiger partial charge >= 0.3 is 5.97 Å². The maximum atomic E-state index is 14.0. The van der Waals surface area contributed by atoms with E-state index in [4.69, 9.17) is 9.47 Å². The molecule has 5 fully saturated rings. The van der Waals surface area contributed by atoms with Crippen LogP contribution in [0.2, 0.25) is 0 Å². The number of hydrogen-bond donors (Lipinski definition) is 0. The number of rotatable bonds is 7. The average Bonchev–Trinajstić information content (AvgIpc) is 3.62. The molecule has 5 aliphatic rings. The first kappa shape index (κ1) is 25.2. The Kier molecular flexibility index (Phi) is 6.32. The second-order valence-corrected chi connectivity index (χ2v) is 13.9. The summed E-state index contributed by atoms with van der Waals surface area (Å²) in [6, 6.07) is 7.74. The Labute approximate surface area is 226 Å². The summed E-state index contributed by atoms with van der Waals surface area (Å²) in [5, 5.41) is 3.93. The van der Waals surface area contributed by atoms with Gasteiger partial charge in [-0.25, -0.2) is 4.79 Å². The van der Waals surface area contributed by atoms with Gasteiger partial charge in [0, 0.05) is 16.7 Å². The monoisotopic (exact) mass is 538 g/mol. The van der Waals surface area contributed by atoms with Crippen molar-refractivity contribution in [2.45, 2.75) is 58.5 Å². The third-order valence-corrected chi connectivity index (χ3v) is 11.8. The van der Waals surface area contributed by atoms with Gasteiger partial charge in [-0.3, -0.25) is 9.59 Å². The van der Waals surface area contributed by atoms with Crippen LogP contribution in [0.1, 0.15) is 66.4 Å². The number of Topliss-reactive ketones (excluding diaryl/α,β-unsaturated/α-hetero) is 2. The van der Waals surface area contributed by atoms with E-state index < -0.39 is 10.8 Å². The molecule has 0 saturated heterocycles. The summed E-state index contributed by atoms with van der Waals surface area (Å²) in [7, 11) is 0. The molecular weight excluding hydrogens is 504 g/mol. The van der Waals surface area contributed by atoms with E-state index in [2.05, 4.69) is 24.9 Å². The SMILES string of the molecule is C=C1C(=O)C23CC[C@H]1CC2[C@]1(COC(=O)c2cccs2)CCCC(C)(COCc2cccs2)C1CC3=O. The summed E-state index contributed by atoms with van der Waals surface area (Å²) in [5.41, 5.74) is -1.01. The molecule has 1 spiro atoms. The smallest absolute Gasteiger partial charge is 0.348 e. The zero-order valence-corrected chi connectivity index (χ0v) is 23.0. The Balaban J connectivity index is 1.35. The Morgan fingerprint density at radius 1 is 1.08 bits per heavy atom. The van der Waals surface area contributed by atoms with Crippen LogP contribution in [0, 0.1) is 34.0 Å². The van der Waals surface area contributed by atoms with Gasteiger partial charge < -0.3 is 9.47 Å². The zero-order chi connectivity index (χ0) is 25.8. The molecule has 6 atom stereocenters. The van der Waals surface area contributed by atoms with E-state index in [9.17, 15) is 14.4 Å². The second-order valence-electron chi connectivity index (χ2n) is 11.9. The van der Waals surface area contributed by atoms with Gasteiger partial charge in [0.05, 0.1) is 25.2 Å². The zero-order valence-electron chi connectivity index (χ0n) is 21.3. The van der Waals surface area contributed by atoms with Crippen LogP contribution in [0.4, 0.5) is 0 Å². The van der Waals surface area contributed by atoms with Crippen molar-refractivity contribution in [1.29, 1.82) is 0 Å². The Morgan fingerprint density at radius 2 is 1.89 bits per heavy atom. The number of allylic oxidation sites excluding steroid dienone is 1. The largest absolute Gasteiger partial charge is 0.461 e. The Hall–Kier alpha value is -2.09. The number of fused-ring (bicyclic) bond motifs is 3. The molecule has 5 saturated carbocycles. The lowest BCUT2D eigenvalue weighted by Gasteiger charge is -2.66. The van der Waals surface area contributed by atoms with E-state index in [1.807, 2.05) is 17.5 Å². The van der Waals surface area contributed by atoms with Crippen molar-refractivity contribution < 1.29 is 23.9 Å². The van der Waals surface area contributed by atoms with Crippen LogP contribution in [-0.4, -0.2) is 30.7 Å². The highest BCUT2D eigenvalue weighted by molar-refractivity contribution is 7.12. The van der Waals surface area contributed by atoms with Gasteiger partial charge in [0.2, 0.25) is 0 Å². The van der Waals surface area contributed by atoms with Crippen LogP contribution in [-0.2, 0) is 25.7 Å².